The average Bonchev–Trinajstić information content (AvgIpc) is 2.39. The smallest absolute Gasteiger partial charge is 0.151 e. The van der Waals surface area contributed by atoms with Gasteiger partial charge in [0.2, 0.25) is 0 Å². The zero-order valence-corrected chi connectivity index (χ0v) is 11.4. The molecule has 0 aliphatic heterocycles. The molecule has 1 heterocycles. The summed E-state index contributed by atoms with van der Waals surface area (Å²) in [7, 11) is 0. The summed E-state index contributed by atoms with van der Waals surface area (Å²) in [5.41, 5.74) is 1.80. The molecule has 0 bridgehead atoms. The summed E-state index contributed by atoms with van der Waals surface area (Å²) in [4.78, 5) is 0. The Bertz CT molecular complexity index is 529. The van der Waals surface area contributed by atoms with Crippen LogP contribution in [0.15, 0.2) is 30.3 Å². The van der Waals surface area contributed by atoms with Gasteiger partial charge in [-0.05, 0) is 42.3 Å². The van der Waals surface area contributed by atoms with Crippen molar-refractivity contribution in [1.29, 1.82) is 0 Å². The van der Waals surface area contributed by atoms with E-state index in [4.69, 9.17) is 27.9 Å². The fraction of sp³-hybridized carbons (Fsp3) is 0.231. The lowest BCUT2D eigenvalue weighted by atomic mass is 10.1. The van der Waals surface area contributed by atoms with Gasteiger partial charge in [0.05, 0.1) is 0 Å². The maximum atomic E-state index is 6.04. The summed E-state index contributed by atoms with van der Waals surface area (Å²) in [6, 6.07) is 9.08. The van der Waals surface area contributed by atoms with Crippen molar-refractivity contribution in [3.8, 4) is 5.75 Å². The zero-order chi connectivity index (χ0) is 13.0. The average molecular weight is 283 g/mol. The van der Waals surface area contributed by atoms with Crippen molar-refractivity contribution in [2.45, 2.75) is 20.0 Å². The Morgan fingerprint density at radius 3 is 2.61 bits per heavy atom. The lowest BCUT2D eigenvalue weighted by molar-refractivity contribution is 0.299. The standard InChI is InChI=1S/C13H12Cl2N2O/c1-2-9-7-11(4-5-12(9)14)18-8-10-3-6-13(15)17-16-10/h3-7H,2,8H2,1H3. The lowest BCUT2D eigenvalue weighted by Crippen LogP contribution is -2.00. The summed E-state index contributed by atoms with van der Waals surface area (Å²) in [5, 5.41) is 8.81. The Kier molecular flexibility index (Phi) is 4.39. The zero-order valence-electron chi connectivity index (χ0n) is 9.86. The van der Waals surface area contributed by atoms with E-state index in [2.05, 4.69) is 17.1 Å². The SMILES string of the molecule is CCc1cc(OCc2ccc(Cl)nn2)ccc1Cl. The molecule has 0 atom stereocenters. The van der Waals surface area contributed by atoms with Crippen LogP contribution in [0.4, 0.5) is 0 Å². The predicted molar refractivity (Wildman–Crippen MR) is 72.2 cm³/mol. The second-order valence-corrected chi connectivity index (χ2v) is 4.54. The number of halogens is 2. The highest BCUT2D eigenvalue weighted by Gasteiger charge is 2.02. The lowest BCUT2D eigenvalue weighted by Gasteiger charge is -2.08. The van der Waals surface area contributed by atoms with Crippen molar-refractivity contribution in [3.05, 3.63) is 51.8 Å². The molecule has 3 nitrogen and oxygen atoms in total. The molecule has 0 radical (unpaired) electrons. The van der Waals surface area contributed by atoms with Crippen LogP contribution in [0.3, 0.4) is 0 Å². The van der Waals surface area contributed by atoms with E-state index in [-0.39, 0.29) is 0 Å². The van der Waals surface area contributed by atoms with Crippen LogP contribution in [0.25, 0.3) is 0 Å². The molecule has 0 spiro atoms. The quantitative estimate of drug-likeness (QED) is 0.852. The van der Waals surface area contributed by atoms with E-state index in [1.54, 1.807) is 12.1 Å². The number of hydrogen-bond acceptors (Lipinski definition) is 3. The van der Waals surface area contributed by atoms with Crippen LogP contribution in [-0.4, -0.2) is 10.2 Å². The van der Waals surface area contributed by atoms with Gasteiger partial charge < -0.3 is 4.74 Å². The van der Waals surface area contributed by atoms with E-state index >= 15 is 0 Å². The molecule has 0 amide bonds. The maximum absolute atomic E-state index is 6.04. The molecule has 5 heteroatoms. The molecule has 1 aromatic heterocycles. The van der Waals surface area contributed by atoms with Crippen molar-refractivity contribution in [2.75, 3.05) is 0 Å². The number of rotatable bonds is 4. The Labute approximate surface area is 116 Å². The minimum atomic E-state index is 0.356. The van der Waals surface area contributed by atoms with E-state index in [0.29, 0.717) is 11.8 Å². The summed E-state index contributed by atoms with van der Waals surface area (Å²) in [6.07, 6.45) is 0.872. The molecule has 2 aromatic rings. The van der Waals surface area contributed by atoms with Crippen molar-refractivity contribution < 1.29 is 4.74 Å². The minimum Gasteiger partial charge on any atom is -0.487 e. The van der Waals surface area contributed by atoms with Crippen molar-refractivity contribution in [2.24, 2.45) is 0 Å². The summed E-state index contributed by atoms with van der Waals surface area (Å²) < 4.78 is 5.63. The van der Waals surface area contributed by atoms with Gasteiger partial charge in [-0.25, -0.2) is 0 Å². The molecule has 0 aliphatic rings. The van der Waals surface area contributed by atoms with Crippen LogP contribution < -0.4 is 4.74 Å². The second kappa shape index (κ2) is 6.03. The van der Waals surface area contributed by atoms with Crippen LogP contribution >= 0.6 is 23.2 Å². The van der Waals surface area contributed by atoms with Gasteiger partial charge in [0.15, 0.2) is 5.15 Å². The van der Waals surface area contributed by atoms with Crippen LogP contribution in [0.2, 0.25) is 10.2 Å². The third kappa shape index (κ3) is 3.34. The fourth-order valence-electron chi connectivity index (χ4n) is 1.49. The predicted octanol–water partition coefficient (Wildman–Crippen LogP) is 3.92. The third-order valence-electron chi connectivity index (χ3n) is 2.47. The van der Waals surface area contributed by atoms with Crippen molar-refractivity contribution in [1.82, 2.24) is 10.2 Å². The van der Waals surface area contributed by atoms with E-state index in [1.165, 1.54) is 0 Å². The number of aromatic nitrogens is 2. The summed E-state index contributed by atoms with van der Waals surface area (Å²) in [5.74, 6) is 0.771. The monoisotopic (exact) mass is 282 g/mol. The number of benzene rings is 1. The number of aryl methyl sites for hydroxylation is 1. The molecule has 2 rings (SSSR count). The number of nitrogens with zero attached hydrogens (tertiary/aromatic N) is 2. The topological polar surface area (TPSA) is 35.0 Å². The molecule has 0 unspecified atom stereocenters. The number of ether oxygens (including phenoxy) is 1. The minimum absolute atomic E-state index is 0.356. The Morgan fingerprint density at radius 2 is 1.94 bits per heavy atom. The molecule has 0 saturated heterocycles. The molecule has 0 saturated carbocycles. The number of hydrogen-bond donors (Lipinski definition) is 0. The molecular weight excluding hydrogens is 271 g/mol. The van der Waals surface area contributed by atoms with Crippen molar-refractivity contribution in [3.63, 3.8) is 0 Å². The first-order valence-corrected chi connectivity index (χ1v) is 6.34. The Balaban J connectivity index is 2.04. The third-order valence-corrected chi connectivity index (χ3v) is 3.04. The van der Waals surface area contributed by atoms with E-state index in [0.717, 1.165) is 28.5 Å². The highest BCUT2D eigenvalue weighted by Crippen LogP contribution is 2.23. The fourth-order valence-corrected chi connectivity index (χ4v) is 1.84. The first kappa shape index (κ1) is 13.1. The van der Waals surface area contributed by atoms with Gasteiger partial charge in [0.1, 0.15) is 18.1 Å². The van der Waals surface area contributed by atoms with E-state index in [9.17, 15) is 0 Å². The van der Waals surface area contributed by atoms with Crippen LogP contribution in [0, 0.1) is 0 Å². The summed E-state index contributed by atoms with van der Waals surface area (Å²) >= 11 is 11.7. The van der Waals surface area contributed by atoms with Crippen LogP contribution in [0.5, 0.6) is 5.75 Å². The Morgan fingerprint density at radius 1 is 1.11 bits per heavy atom. The molecule has 18 heavy (non-hydrogen) atoms. The largest absolute Gasteiger partial charge is 0.487 e. The first-order valence-electron chi connectivity index (χ1n) is 5.58. The normalized spacial score (nSPS) is 10.4. The van der Waals surface area contributed by atoms with Gasteiger partial charge in [0.25, 0.3) is 0 Å². The summed E-state index contributed by atoms with van der Waals surface area (Å²) in [6.45, 7) is 2.41. The van der Waals surface area contributed by atoms with Gasteiger partial charge in [-0.2, -0.15) is 5.10 Å². The molecule has 1 aromatic carbocycles. The highest BCUT2D eigenvalue weighted by molar-refractivity contribution is 6.31. The first-order chi connectivity index (χ1) is 8.69. The second-order valence-electron chi connectivity index (χ2n) is 3.74. The van der Waals surface area contributed by atoms with Gasteiger partial charge in [0, 0.05) is 5.02 Å². The molecule has 94 valence electrons. The van der Waals surface area contributed by atoms with Gasteiger partial charge in [-0.3, -0.25) is 0 Å². The van der Waals surface area contributed by atoms with Crippen LogP contribution in [0.1, 0.15) is 18.2 Å². The highest BCUT2D eigenvalue weighted by atomic mass is 35.5. The van der Waals surface area contributed by atoms with Crippen LogP contribution in [-0.2, 0) is 13.0 Å². The Hall–Kier alpha value is -1.32. The van der Waals surface area contributed by atoms with Gasteiger partial charge in [-0.1, -0.05) is 30.1 Å². The molecular formula is C13H12Cl2N2O. The van der Waals surface area contributed by atoms with Gasteiger partial charge >= 0.3 is 0 Å². The molecule has 0 aliphatic carbocycles. The molecule has 0 fully saturated rings. The van der Waals surface area contributed by atoms with E-state index < -0.39 is 0 Å². The van der Waals surface area contributed by atoms with E-state index in [1.807, 2.05) is 18.2 Å². The maximum Gasteiger partial charge on any atom is 0.151 e. The van der Waals surface area contributed by atoms with Gasteiger partial charge in [-0.15, -0.1) is 5.10 Å². The van der Waals surface area contributed by atoms with Crippen molar-refractivity contribution >= 4 is 23.2 Å². The molecule has 0 N–H and O–H groups in total.